The van der Waals surface area contributed by atoms with Crippen LogP contribution in [-0.2, 0) is 16.1 Å². The van der Waals surface area contributed by atoms with E-state index in [4.69, 9.17) is 5.11 Å². The number of thioether (sulfide) groups is 1. The normalized spacial score (nSPS) is 21.2. The quantitative estimate of drug-likeness (QED) is 0.903. The van der Waals surface area contributed by atoms with E-state index < -0.39 is 5.97 Å². The third kappa shape index (κ3) is 3.02. The summed E-state index contributed by atoms with van der Waals surface area (Å²) in [6.07, 6.45) is 7.31. The molecule has 22 heavy (non-hydrogen) atoms. The Hall–Kier alpha value is -1.82. The van der Waals surface area contributed by atoms with Gasteiger partial charge in [-0.3, -0.25) is 14.6 Å². The predicted molar refractivity (Wildman–Crippen MR) is 84.2 cm³/mol. The minimum Gasteiger partial charge on any atom is -0.481 e. The molecule has 1 aliphatic carbocycles. The lowest BCUT2D eigenvalue weighted by molar-refractivity contribution is -0.134. The molecule has 1 aromatic rings. The summed E-state index contributed by atoms with van der Waals surface area (Å²) in [4.78, 5) is 29.5. The zero-order valence-corrected chi connectivity index (χ0v) is 13.0. The maximum absolute atomic E-state index is 12.7. The van der Waals surface area contributed by atoms with Gasteiger partial charge in [0.15, 0.2) is 0 Å². The molecule has 1 N–H and O–H groups in total. The lowest BCUT2D eigenvalue weighted by Crippen LogP contribution is -2.33. The number of pyridine rings is 1. The van der Waals surface area contributed by atoms with E-state index >= 15 is 0 Å². The minimum absolute atomic E-state index is 0.0122. The van der Waals surface area contributed by atoms with Crippen molar-refractivity contribution in [2.24, 2.45) is 0 Å². The van der Waals surface area contributed by atoms with Crippen molar-refractivity contribution < 1.29 is 14.7 Å². The molecule has 116 valence electrons. The number of hydrogen-bond donors (Lipinski definition) is 1. The minimum atomic E-state index is -0.844. The second-order valence-corrected chi connectivity index (χ2v) is 6.63. The first-order valence-electron chi connectivity index (χ1n) is 7.42. The summed E-state index contributed by atoms with van der Waals surface area (Å²) in [5.41, 5.74) is 3.03. The highest BCUT2D eigenvalue weighted by Crippen LogP contribution is 2.41. The number of nitrogens with zero attached hydrogens (tertiary/aromatic N) is 2. The van der Waals surface area contributed by atoms with Crippen LogP contribution in [0, 0.1) is 0 Å². The van der Waals surface area contributed by atoms with Crippen LogP contribution in [0.5, 0.6) is 0 Å². The molecule has 0 saturated heterocycles. The van der Waals surface area contributed by atoms with E-state index in [-0.39, 0.29) is 17.0 Å². The molecule has 2 aliphatic rings. The Morgan fingerprint density at radius 1 is 1.41 bits per heavy atom. The van der Waals surface area contributed by atoms with Gasteiger partial charge in [0.05, 0.1) is 5.75 Å². The van der Waals surface area contributed by atoms with Gasteiger partial charge < -0.3 is 10.0 Å². The van der Waals surface area contributed by atoms with Crippen molar-refractivity contribution in [2.45, 2.75) is 37.6 Å². The Balaban J connectivity index is 1.83. The van der Waals surface area contributed by atoms with E-state index in [2.05, 4.69) is 4.98 Å². The third-order valence-corrected chi connectivity index (χ3v) is 5.32. The Morgan fingerprint density at radius 3 is 2.95 bits per heavy atom. The molecule has 3 rings (SSSR count). The SMILES string of the molecule is O=C(O)CSC1C2=C(CCCC2)C(=O)N1Cc1cccnc1. The highest BCUT2D eigenvalue weighted by Gasteiger charge is 2.40. The Labute approximate surface area is 133 Å². The average molecular weight is 318 g/mol. The molecule has 0 aromatic carbocycles. The first-order valence-corrected chi connectivity index (χ1v) is 8.47. The summed E-state index contributed by atoms with van der Waals surface area (Å²) in [6, 6.07) is 3.79. The molecule has 1 amide bonds. The van der Waals surface area contributed by atoms with Crippen molar-refractivity contribution in [2.75, 3.05) is 5.75 Å². The van der Waals surface area contributed by atoms with Crippen LogP contribution in [0.15, 0.2) is 35.7 Å². The van der Waals surface area contributed by atoms with Gasteiger partial charge in [-0.15, -0.1) is 11.8 Å². The van der Waals surface area contributed by atoms with Crippen molar-refractivity contribution in [1.29, 1.82) is 0 Å². The van der Waals surface area contributed by atoms with Crippen molar-refractivity contribution in [3.63, 3.8) is 0 Å². The van der Waals surface area contributed by atoms with Gasteiger partial charge in [-0.1, -0.05) is 6.07 Å². The van der Waals surface area contributed by atoms with Gasteiger partial charge in [0.25, 0.3) is 5.91 Å². The van der Waals surface area contributed by atoms with E-state index in [9.17, 15) is 9.59 Å². The smallest absolute Gasteiger partial charge is 0.313 e. The molecule has 1 aromatic heterocycles. The maximum atomic E-state index is 12.7. The zero-order valence-electron chi connectivity index (χ0n) is 12.2. The molecule has 1 atom stereocenters. The van der Waals surface area contributed by atoms with E-state index in [0.29, 0.717) is 6.54 Å². The van der Waals surface area contributed by atoms with Crippen LogP contribution in [0.1, 0.15) is 31.2 Å². The van der Waals surface area contributed by atoms with Crippen molar-refractivity contribution in [3.05, 3.63) is 41.2 Å². The molecule has 1 aliphatic heterocycles. The number of aliphatic carboxylic acids is 1. The predicted octanol–water partition coefficient (Wildman–Crippen LogP) is 2.44. The number of hydrogen-bond acceptors (Lipinski definition) is 4. The van der Waals surface area contributed by atoms with Gasteiger partial charge in [-0.25, -0.2) is 0 Å². The molecular weight excluding hydrogens is 300 g/mol. The van der Waals surface area contributed by atoms with Gasteiger partial charge in [-0.05, 0) is 42.9 Å². The number of carboxylic acids is 1. The monoisotopic (exact) mass is 318 g/mol. The third-order valence-electron chi connectivity index (χ3n) is 4.05. The largest absolute Gasteiger partial charge is 0.481 e. The van der Waals surface area contributed by atoms with E-state index in [1.165, 1.54) is 11.8 Å². The topological polar surface area (TPSA) is 70.5 Å². The number of rotatable bonds is 5. The average Bonchev–Trinajstić information content (AvgIpc) is 2.79. The van der Waals surface area contributed by atoms with Gasteiger partial charge >= 0.3 is 5.97 Å². The highest BCUT2D eigenvalue weighted by atomic mass is 32.2. The zero-order chi connectivity index (χ0) is 15.5. The van der Waals surface area contributed by atoms with Crippen LogP contribution >= 0.6 is 11.8 Å². The Kier molecular flexibility index (Phi) is 4.47. The Morgan fingerprint density at radius 2 is 2.23 bits per heavy atom. The summed E-state index contributed by atoms with van der Waals surface area (Å²) >= 11 is 1.34. The number of amides is 1. The van der Waals surface area contributed by atoms with Crippen LogP contribution < -0.4 is 0 Å². The molecule has 6 heteroatoms. The first-order chi connectivity index (χ1) is 10.7. The van der Waals surface area contributed by atoms with Crippen LogP contribution in [0.3, 0.4) is 0 Å². The molecule has 1 unspecified atom stereocenters. The van der Waals surface area contributed by atoms with Crippen LogP contribution in [-0.4, -0.2) is 38.0 Å². The second kappa shape index (κ2) is 6.52. The molecule has 0 saturated carbocycles. The number of carboxylic acid groups (broad SMARTS) is 1. The van der Waals surface area contributed by atoms with E-state index in [1.807, 2.05) is 12.1 Å². The van der Waals surface area contributed by atoms with Gasteiger partial charge in [0.2, 0.25) is 0 Å². The van der Waals surface area contributed by atoms with Crippen molar-refractivity contribution in [1.82, 2.24) is 9.88 Å². The summed E-state index contributed by atoms with van der Waals surface area (Å²) < 4.78 is 0. The van der Waals surface area contributed by atoms with Crippen molar-refractivity contribution >= 4 is 23.6 Å². The second-order valence-electron chi connectivity index (χ2n) is 5.56. The molecular formula is C16H18N2O3S. The van der Waals surface area contributed by atoms with Crippen LogP contribution in [0.2, 0.25) is 0 Å². The molecule has 0 fully saturated rings. The molecule has 2 heterocycles. The molecule has 5 nitrogen and oxygen atoms in total. The van der Waals surface area contributed by atoms with Gasteiger partial charge in [0, 0.05) is 24.5 Å². The lowest BCUT2D eigenvalue weighted by atomic mass is 9.94. The summed E-state index contributed by atoms with van der Waals surface area (Å²) in [5.74, 6) is -0.761. The standard InChI is InChI=1S/C16H18N2O3S/c19-14(20)10-22-16-13-6-2-1-5-12(13)15(21)18(16)9-11-4-3-7-17-8-11/h3-4,7-8,16H,1-2,5-6,9-10H2,(H,19,20). The Bertz CT molecular complexity index is 615. The van der Waals surface area contributed by atoms with E-state index in [0.717, 1.165) is 42.4 Å². The van der Waals surface area contributed by atoms with Crippen LogP contribution in [0.25, 0.3) is 0 Å². The maximum Gasteiger partial charge on any atom is 0.313 e. The molecule has 0 spiro atoms. The fourth-order valence-electron chi connectivity index (χ4n) is 3.10. The highest BCUT2D eigenvalue weighted by molar-refractivity contribution is 8.00. The van der Waals surface area contributed by atoms with Crippen molar-refractivity contribution in [3.8, 4) is 0 Å². The first kappa shape index (κ1) is 15.1. The fourth-order valence-corrected chi connectivity index (χ4v) is 4.21. The van der Waals surface area contributed by atoms with Gasteiger partial charge in [0.1, 0.15) is 5.37 Å². The summed E-state index contributed by atoms with van der Waals surface area (Å²) in [6.45, 7) is 0.483. The molecule has 0 radical (unpaired) electrons. The van der Waals surface area contributed by atoms with Crippen LogP contribution in [0.4, 0.5) is 0 Å². The summed E-state index contributed by atoms with van der Waals surface area (Å²) in [7, 11) is 0. The summed E-state index contributed by atoms with van der Waals surface area (Å²) in [5, 5.41) is 8.82. The fraction of sp³-hybridized carbons (Fsp3) is 0.438. The van der Waals surface area contributed by atoms with E-state index in [1.54, 1.807) is 17.3 Å². The number of carbonyl (C=O) groups is 2. The lowest BCUT2D eigenvalue weighted by Gasteiger charge is -2.26. The number of carbonyl (C=O) groups excluding carboxylic acids is 1. The molecule has 0 bridgehead atoms. The number of aromatic nitrogens is 1. The van der Waals surface area contributed by atoms with Gasteiger partial charge in [-0.2, -0.15) is 0 Å².